The summed E-state index contributed by atoms with van der Waals surface area (Å²) in [4.78, 5) is 15.3. The number of hydrogen-bond acceptors (Lipinski definition) is 2. The van der Waals surface area contributed by atoms with E-state index in [2.05, 4.69) is 17.2 Å². The van der Waals surface area contributed by atoms with Crippen LogP contribution < -0.4 is 5.32 Å². The van der Waals surface area contributed by atoms with Crippen molar-refractivity contribution in [3.8, 4) is 0 Å². The fourth-order valence-corrected chi connectivity index (χ4v) is 1.18. The van der Waals surface area contributed by atoms with E-state index in [0.29, 0.717) is 5.56 Å². The molecule has 0 bridgehead atoms. The van der Waals surface area contributed by atoms with Gasteiger partial charge in [-0.1, -0.05) is 19.8 Å². The summed E-state index contributed by atoms with van der Waals surface area (Å²) in [5, 5.41) is 2.85. The molecular weight excluding hydrogens is 212 g/mol. The molecule has 0 aliphatic heterocycles. The molecule has 0 aliphatic rings. The Morgan fingerprint density at radius 2 is 2.27 bits per heavy atom. The van der Waals surface area contributed by atoms with Crippen LogP contribution in [0.2, 0.25) is 0 Å². The number of halogens is 1. The minimum atomic E-state index is -0.0331. The molecule has 1 rings (SSSR count). The molecule has 0 spiro atoms. The van der Waals surface area contributed by atoms with Crippen LogP contribution >= 0.6 is 12.4 Å². The Kier molecular flexibility index (Phi) is 7.64. The van der Waals surface area contributed by atoms with Gasteiger partial charge in [-0.15, -0.1) is 12.4 Å². The highest BCUT2D eigenvalue weighted by Crippen LogP contribution is 1.96. The van der Waals surface area contributed by atoms with Gasteiger partial charge < -0.3 is 5.32 Å². The van der Waals surface area contributed by atoms with Crippen molar-refractivity contribution in [3.05, 3.63) is 30.1 Å². The molecule has 0 unspecified atom stereocenters. The first-order valence-electron chi connectivity index (χ1n) is 5.03. The van der Waals surface area contributed by atoms with E-state index in [-0.39, 0.29) is 18.3 Å². The molecular formula is C11H17ClN2O. The maximum absolute atomic E-state index is 11.5. The third kappa shape index (κ3) is 5.37. The zero-order chi connectivity index (χ0) is 10.2. The van der Waals surface area contributed by atoms with Crippen molar-refractivity contribution in [2.24, 2.45) is 0 Å². The van der Waals surface area contributed by atoms with Crippen molar-refractivity contribution < 1.29 is 4.79 Å². The fourth-order valence-electron chi connectivity index (χ4n) is 1.18. The summed E-state index contributed by atoms with van der Waals surface area (Å²) in [5.41, 5.74) is 0.629. The normalized spacial score (nSPS) is 9.13. The lowest BCUT2D eigenvalue weighted by molar-refractivity contribution is 0.0952. The van der Waals surface area contributed by atoms with Crippen LogP contribution in [0, 0.1) is 0 Å². The number of pyridine rings is 1. The molecule has 4 heteroatoms. The lowest BCUT2D eigenvalue weighted by Gasteiger charge is -2.03. The number of carbonyl (C=O) groups is 1. The van der Waals surface area contributed by atoms with E-state index in [0.717, 1.165) is 19.4 Å². The third-order valence-corrected chi connectivity index (χ3v) is 1.99. The van der Waals surface area contributed by atoms with Gasteiger partial charge in [0.05, 0.1) is 5.56 Å². The van der Waals surface area contributed by atoms with Gasteiger partial charge in [0.25, 0.3) is 5.91 Å². The predicted octanol–water partition coefficient (Wildman–Crippen LogP) is 2.42. The van der Waals surface area contributed by atoms with E-state index in [9.17, 15) is 4.79 Å². The van der Waals surface area contributed by atoms with E-state index >= 15 is 0 Å². The number of amides is 1. The van der Waals surface area contributed by atoms with Crippen molar-refractivity contribution in [1.82, 2.24) is 10.3 Å². The first-order chi connectivity index (χ1) is 6.84. The molecule has 84 valence electrons. The van der Waals surface area contributed by atoms with Crippen LogP contribution in [0.15, 0.2) is 24.5 Å². The minimum Gasteiger partial charge on any atom is -0.352 e. The van der Waals surface area contributed by atoms with Gasteiger partial charge in [0.2, 0.25) is 0 Å². The Labute approximate surface area is 96.7 Å². The van der Waals surface area contributed by atoms with Gasteiger partial charge in [-0.25, -0.2) is 0 Å². The summed E-state index contributed by atoms with van der Waals surface area (Å²) in [6, 6.07) is 3.53. The lowest BCUT2D eigenvalue weighted by Crippen LogP contribution is -2.24. The Morgan fingerprint density at radius 1 is 1.47 bits per heavy atom. The topological polar surface area (TPSA) is 42.0 Å². The van der Waals surface area contributed by atoms with Crippen LogP contribution in [0.3, 0.4) is 0 Å². The largest absolute Gasteiger partial charge is 0.352 e. The molecule has 1 N–H and O–H groups in total. The van der Waals surface area contributed by atoms with Gasteiger partial charge in [-0.3, -0.25) is 9.78 Å². The van der Waals surface area contributed by atoms with E-state index < -0.39 is 0 Å². The standard InChI is InChI=1S/C11H16N2O.ClH/c1-2-3-4-8-13-11(14)10-6-5-7-12-9-10;/h5-7,9H,2-4,8H2,1H3,(H,13,14);1H. The summed E-state index contributed by atoms with van der Waals surface area (Å²) in [6.07, 6.45) is 6.61. The Bertz CT molecular complexity index is 277. The molecule has 0 radical (unpaired) electrons. The Morgan fingerprint density at radius 3 is 2.87 bits per heavy atom. The smallest absolute Gasteiger partial charge is 0.252 e. The second-order valence-corrected chi connectivity index (χ2v) is 3.20. The Balaban J connectivity index is 0.00000196. The molecule has 0 saturated carbocycles. The highest BCUT2D eigenvalue weighted by molar-refractivity contribution is 5.93. The number of nitrogens with zero attached hydrogens (tertiary/aromatic N) is 1. The van der Waals surface area contributed by atoms with Gasteiger partial charge in [0.15, 0.2) is 0 Å². The van der Waals surface area contributed by atoms with Crippen molar-refractivity contribution in [2.75, 3.05) is 6.54 Å². The molecule has 0 atom stereocenters. The summed E-state index contributed by atoms with van der Waals surface area (Å²) < 4.78 is 0. The van der Waals surface area contributed by atoms with Crippen LogP contribution in [0.4, 0.5) is 0 Å². The fraction of sp³-hybridized carbons (Fsp3) is 0.455. The molecule has 0 saturated heterocycles. The zero-order valence-electron chi connectivity index (χ0n) is 8.90. The average molecular weight is 229 g/mol. The lowest BCUT2D eigenvalue weighted by atomic mass is 10.2. The van der Waals surface area contributed by atoms with Crippen LogP contribution in [0.5, 0.6) is 0 Å². The molecule has 1 aromatic rings. The molecule has 1 aromatic heterocycles. The van der Waals surface area contributed by atoms with Crippen LogP contribution in [0.1, 0.15) is 36.5 Å². The number of rotatable bonds is 5. The summed E-state index contributed by atoms with van der Waals surface area (Å²) in [7, 11) is 0. The Hall–Kier alpha value is -1.09. The van der Waals surface area contributed by atoms with Crippen molar-refractivity contribution in [3.63, 3.8) is 0 Å². The number of hydrogen-bond donors (Lipinski definition) is 1. The van der Waals surface area contributed by atoms with Gasteiger partial charge in [-0.05, 0) is 18.6 Å². The van der Waals surface area contributed by atoms with Gasteiger partial charge >= 0.3 is 0 Å². The maximum Gasteiger partial charge on any atom is 0.252 e. The molecule has 15 heavy (non-hydrogen) atoms. The van der Waals surface area contributed by atoms with E-state index in [1.165, 1.54) is 6.42 Å². The molecule has 0 aromatic carbocycles. The quantitative estimate of drug-likeness (QED) is 0.787. The second-order valence-electron chi connectivity index (χ2n) is 3.20. The maximum atomic E-state index is 11.5. The van der Waals surface area contributed by atoms with E-state index in [4.69, 9.17) is 0 Å². The first kappa shape index (κ1) is 13.9. The summed E-state index contributed by atoms with van der Waals surface area (Å²) >= 11 is 0. The summed E-state index contributed by atoms with van der Waals surface area (Å²) in [5.74, 6) is -0.0331. The average Bonchev–Trinajstić information content (AvgIpc) is 2.25. The number of unbranched alkanes of at least 4 members (excludes halogenated alkanes) is 2. The highest BCUT2D eigenvalue weighted by atomic mass is 35.5. The van der Waals surface area contributed by atoms with Crippen molar-refractivity contribution in [2.45, 2.75) is 26.2 Å². The SMILES string of the molecule is CCCCCNC(=O)c1cccnc1.Cl. The number of nitrogens with one attached hydrogen (secondary N) is 1. The van der Waals surface area contributed by atoms with Crippen LogP contribution in [0.25, 0.3) is 0 Å². The van der Waals surface area contributed by atoms with Crippen molar-refractivity contribution in [1.29, 1.82) is 0 Å². The molecule has 0 fully saturated rings. The summed E-state index contributed by atoms with van der Waals surface area (Å²) in [6.45, 7) is 2.89. The second kappa shape index (κ2) is 8.24. The highest BCUT2D eigenvalue weighted by Gasteiger charge is 2.02. The first-order valence-corrected chi connectivity index (χ1v) is 5.03. The molecule has 0 aliphatic carbocycles. The third-order valence-electron chi connectivity index (χ3n) is 1.99. The zero-order valence-corrected chi connectivity index (χ0v) is 9.72. The van der Waals surface area contributed by atoms with E-state index in [1.54, 1.807) is 24.5 Å². The molecule has 1 amide bonds. The minimum absolute atomic E-state index is 0. The van der Waals surface area contributed by atoms with Crippen LogP contribution in [-0.4, -0.2) is 17.4 Å². The van der Waals surface area contributed by atoms with Crippen molar-refractivity contribution >= 4 is 18.3 Å². The number of carbonyl (C=O) groups excluding carboxylic acids is 1. The molecule has 3 nitrogen and oxygen atoms in total. The van der Waals surface area contributed by atoms with Crippen LogP contribution in [-0.2, 0) is 0 Å². The predicted molar refractivity (Wildman–Crippen MR) is 63.3 cm³/mol. The van der Waals surface area contributed by atoms with Gasteiger partial charge in [-0.2, -0.15) is 0 Å². The number of aromatic nitrogens is 1. The van der Waals surface area contributed by atoms with Gasteiger partial charge in [0.1, 0.15) is 0 Å². The molecule has 1 heterocycles. The van der Waals surface area contributed by atoms with E-state index in [1.807, 2.05) is 0 Å². The monoisotopic (exact) mass is 228 g/mol. The van der Waals surface area contributed by atoms with Gasteiger partial charge in [0, 0.05) is 18.9 Å².